The maximum Gasteiger partial charge on any atom is 0.261 e. The van der Waals surface area contributed by atoms with Gasteiger partial charge in [-0.05, 0) is 63.3 Å². The SMILES string of the molecule is CC1CCCC(C)N1C(=O)c1ccc2c(c1)C(=O)N(CCc1ccccc1)C2=O. The summed E-state index contributed by atoms with van der Waals surface area (Å²) in [5.41, 5.74) is 2.29. The lowest BCUT2D eigenvalue weighted by atomic mass is 9.95. The molecule has 0 radical (unpaired) electrons. The smallest absolute Gasteiger partial charge is 0.261 e. The highest BCUT2D eigenvalue weighted by atomic mass is 16.2. The van der Waals surface area contributed by atoms with Crippen molar-refractivity contribution in [2.24, 2.45) is 0 Å². The van der Waals surface area contributed by atoms with E-state index in [4.69, 9.17) is 0 Å². The highest BCUT2D eigenvalue weighted by Crippen LogP contribution is 2.28. The third-order valence-electron chi connectivity index (χ3n) is 6.11. The average Bonchev–Trinajstić information content (AvgIpc) is 2.96. The fourth-order valence-corrected chi connectivity index (χ4v) is 4.48. The molecule has 0 N–H and O–H groups in total. The Morgan fingerprint density at radius 2 is 1.59 bits per heavy atom. The molecule has 0 bridgehead atoms. The van der Waals surface area contributed by atoms with Gasteiger partial charge < -0.3 is 4.90 Å². The fourth-order valence-electron chi connectivity index (χ4n) is 4.48. The van der Waals surface area contributed by atoms with Crippen LogP contribution in [0.3, 0.4) is 0 Å². The van der Waals surface area contributed by atoms with Crippen LogP contribution >= 0.6 is 0 Å². The van der Waals surface area contributed by atoms with Gasteiger partial charge in [-0.25, -0.2) is 0 Å². The number of hydrogen-bond donors (Lipinski definition) is 0. The Morgan fingerprint density at radius 1 is 0.931 bits per heavy atom. The van der Waals surface area contributed by atoms with E-state index >= 15 is 0 Å². The molecular formula is C24H26N2O3. The van der Waals surface area contributed by atoms with E-state index in [0.717, 1.165) is 24.8 Å². The number of likely N-dealkylation sites (tertiary alicyclic amines) is 1. The van der Waals surface area contributed by atoms with Gasteiger partial charge in [0.1, 0.15) is 0 Å². The van der Waals surface area contributed by atoms with Gasteiger partial charge in [-0.1, -0.05) is 30.3 Å². The van der Waals surface area contributed by atoms with Gasteiger partial charge in [0.25, 0.3) is 17.7 Å². The molecule has 29 heavy (non-hydrogen) atoms. The summed E-state index contributed by atoms with van der Waals surface area (Å²) in [6.45, 7) is 4.47. The van der Waals surface area contributed by atoms with Crippen LogP contribution in [0.15, 0.2) is 48.5 Å². The monoisotopic (exact) mass is 390 g/mol. The molecule has 2 aliphatic rings. The van der Waals surface area contributed by atoms with Gasteiger partial charge in [-0.3, -0.25) is 19.3 Å². The summed E-state index contributed by atoms with van der Waals surface area (Å²) in [4.78, 5) is 41.9. The van der Waals surface area contributed by atoms with E-state index in [0.29, 0.717) is 29.7 Å². The number of carbonyl (C=O) groups is 3. The number of piperidine rings is 1. The van der Waals surface area contributed by atoms with E-state index in [1.807, 2.05) is 35.2 Å². The maximum absolute atomic E-state index is 13.1. The number of imide groups is 1. The lowest BCUT2D eigenvalue weighted by Gasteiger charge is -2.39. The number of fused-ring (bicyclic) bond motifs is 1. The summed E-state index contributed by atoms with van der Waals surface area (Å²) in [5, 5.41) is 0. The van der Waals surface area contributed by atoms with E-state index < -0.39 is 0 Å². The molecule has 2 unspecified atom stereocenters. The molecule has 0 saturated carbocycles. The third kappa shape index (κ3) is 3.57. The van der Waals surface area contributed by atoms with Crippen LogP contribution in [0.5, 0.6) is 0 Å². The molecule has 3 amide bonds. The number of benzene rings is 2. The van der Waals surface area contributed by atoms with E-state index in [2.05, 4.69) is 13.8 Å². The first-order chi connectivity index (χ1) is 14.0. The molecule has 1 saturated heterocycles. The minimum atomic E-state index is -0.310. The van der Waals surface area contributed by atoms with Crippen LogP contribution in [0.2, 0.25) is 0 Å². The zero-order valence-corrected chi connectivity index (χ0v) is 16.9. The number of amides is 3. The molecule has 0 spiro atoms. The lowest BCUT2D eigenvalue weighted by molar-refractivity contribution is 0.0510. The Kier molecular flexibility index (Phi) is 5.22. The van der Waals surface area contributed by atoms with Crippen molar-refractivity contribution in [3.63, 3.8) is 0 Å². The molecule has 0 aromatic heterocycles. The second kappa shape index (κ2) is 7.82. The maximum atomic E-state index is 13.1. The first-order valence-corrected chi connectivity index (χ1v) is 10.3. The van der Waals surface area contributed by atoms with Crippen molar-refractivity contribution in [3.8, 4) is 0 Å². The van der Waals surface area contributed by atoms with Gasteiger partial charge in [0.2, 0.25) is 0 Å². The Balaban J connectivity index is 1.54. The van der Waals surface area contributed by atoms with Crippen LogP contribution in [0, 0.1) is 0 Å². The van der Waals surface area contributed by atoms with Crippen molar-refractivity contribution < 1.29 is 14.4 Å². The summed E-state index contributed by atoms with van der Waals surface area (Å²) < 4.78 is 0. The van der Waals surface area contributed by atoms with Crippen LogP contribution in [0.4, 0.5) is 0 Å². The molecule has 2 aliphatic heterocycles. The minimum Gasteiger partial charge on any atom is -0.333 e. The topological polar surface area (TPSA) is 57.7 Å². The molecule has 1 fully saturated rings. The zero-order valence-electron chi connectivity index (χ0n) is 16.9. The van der Waals surface area contributed by atoms with Crippen molar-refractivity contribution in [1.82, 2.24) is 9.80 Å². The van der Waals surface area contributed by atoms with E-state index in [1.165, 1.54) is 4.90 Å². The van der Waals surface area contributed by atoms with Gasteiger partial charge in [-0.15, -0.1) is 0 Å². The quantitative estimate of drug-likeness (QED) is 0.744. The van der Waals surface area contributed by atoms with Crippen LogP contribution in [-0.4, -0.2) is 46.1 Å². The normalized spacial score (nSPS) is 21.4. The summed E-state index contributed by atoms with van der Waals surface area (Å²) in [6, 6.07) is 15.1. The van der Waals surface area contributed by atoms with Gasteiger partial charge in [0.05, 0.1) is 11.1 Å². The first kappa shape index (κ1) is 19.4. The molecule has 2 atom stereocenters. The molecule has 0 aliphatic carbocycles. The first-order valence-electron chi connectivity index (χ1n) is 10.3. The Labute approximate surface area is 171 Å². The minimum absolute atomic E-state index is 0.0597. The molecule has 150 valence electrons. The lowest BCUT2D eigenvalue weighted by Crippen LogP contribution is -2.47. The molecule has 2 heterocycles. The van der Waals surface area contributed by atoms with Gasteiger partial charge in [0, 0.05) is 24.2 Å². The second-order valence-corrected chi connectivity index (χ2v) is 8.10. The van der Waals surface area contributed by atoms with Crippen molar-refractivity contribution in [2.75, 3.05) is 6.54 Å². The van der Waals surface area contributed by atoms with E-state index in [1.54, 1.807) is 18.2 Å². The van der Waals surface area contributed by atoms with Gasteiger partial charge in [-0.2, -0.15) is 0 Å². The van der Waals surface area contributed by atoms with E-state index in [-0.39, 0.29) is 29.8 Å². The molecule has 5 nitrogen and oxygen atoms in total. The number of rotatable bonds is 4. The van der Waals surface area contributed by atoms with Crippen molar-refractivity contribution >= 4 is 17.7 Å². The van der Waals surface area contributed by atoms with Crippen LogP contribution in [0.1, 0.15) is 69.7 Å². The second-order valence-electron chi connectivity index (χ2n) is 8.10. The molecule has 4 rings (SSSR count). The average molecular weight is 390 g/mol. The summed E-state index contributed by atoms with van der Waals surface area (Å²) in [6.07, 6.45) is 3.72. The summed E-state index contributed by atoms with van der Waals surface area (Å²) in [7, 11) is 0. The summed E-state index contributed by atoms with van der Waals surface area (Å²) in [5.74, 6) is -0.648. The Bertz CT molecular complexity index is 944. The highest BCUT2D eigenvalue weighted by Gasteiger charge is 2.37. The third-order valence-corrected chi connectivity index (χ3v) is 6.11. The number of nitrogens with zero attached hydrogens (tertiary/aromatic N) is 2. The van der Waals surface area contributed by atoms with Gasteiger partial charge >= 0.3 is 0 Å². The van der Waals surface area contributed by atoms with Crippen LogP contribution < -0.4 is 0 Å². The highest BCUT2D eigenvalue weighted by molar-refractivity contribution is 6.22. The van der Waals surface area contributed by atoms with Crippen molar-refractivity contribution in [1.29, 1.82) is 0 Å². The predicted octanol–water partition coefficient (Wildman–Crippen LogP) is 3.93. The van der Waals surface area contributed by atoms with Crippen LogP contribution in [0.25, 0.3) is 0 Å². The van der Waals surface area contributed by atoms with Gasteiger partial charge in [0.15, 0.2) is 0 Å². The molecule has 2 aromatic carbocycles. The molecule has 5 heteroatoms. The zero-order chi connectivity index (χ0) is 20.5. The Morgan fingerprint density at radius 3 is 2.28 bits per heavy atom. The van der Waals surface area contributed by atoms with E-state index in [9.17, 15) is 14.4 Å². The Hall–Kier alpha value is -2.95. The summed E-state index contributed by atoms with van der Waals surface area (Å²) >= 11 is 0. The standard InChI is InChI=1S/C24H26N2O3/c1-16-7-6-8-17(2)26(16)22(27)19-11-12-20-21(15-19)24(29)25(23(20)28)14-13-18-9-4-3-5-10-18/h3-5,9-12,15-17H,6-8,13-14H2,1-2H3. The molecular weight excluding hydrogens is 364 g/mol. The largest absolute Gasteiger partial charge is 0.333 e. The number of carbonyl (C=O) groups excluding carboxylic acids is 3. The predicted molar refractivity (Wildman–Crippen MR) is 111 cm³/mol. The van der Waals surface area contributed by atoms with Crippen molar-refractivity contribution in [2.45, 2.75) is 51.6 Å². The molecule has 2 aromatic rings. The van der Waals surface area contributed by atoms with Crippen molar-refractivity contribution in [3.05, 3.63) is 70.8 Å². The van der Waals surface area contributed by atoms with Crippen LogP contribution in [-0.2, 0) is 6.42 Å². The number of hydrogen-bond acceptors (Lipinski definition) is 3. The fraction of sp³-hybridized carbons (Fsp3) is 0.375.